The quantitative estimate of drug-likeness (QED) is 0.0204. The van der Waals surface area contributed by atoms with E-state index >= 15 is 0 Å². The number of amides is 1. The van der Waals surface area contributed by atoms with E-state index in [2.05, 4.69) is 67.8 Å². The molecule has 538 valence electrons. The minimum absolute atomic E-state index is 0.248. The molecule has 0 spiro atoms. The topological polar surface area (TPSA) is 228 Å². The standard InChI is InChI=1S/C78H143NO13/c1-3-5-7-9-11-13-15-17-19-21-23-25-26-27-28-29-30-31-32-33-34-35-36-37-38-39-40-42-44-46-48-50-52-54-56-58-60-62-70(83)79-66(67(82)61-59-57-55-53-51-49-47-45-43-41-24-22-20-18-16-14-12-10-8-6-4-2)65-89-77-75(88)73(86)76(69(64-81)91-77)92-78-74(87)72(85)71(84)68(63-80)90-78/h15,17,21,23,43,45,51,53,59,61,66-69,71-78,80-82,84-88H,3-14,16,18-20,22,24-42,44,46-50,52,54-58,60,62-65H2,1-2H3,(H,79,83)/b17-15-,23-21-,45-43+,53-51+,61-59+. The van der Waals surface area contributed by atoms with Crippen LogP contribution in [-0.4, -0.2) is 140 Å². The third kappa shape index (κ3) is 45.2. The highest BCUT2D eigenvalue weighted by Gasteiger charge is 2.51. The third-order valence-electron chi connectivity index (χ3n) is 18.7. The summed E-state index contributed by atoms with van der Waals surface area (Å²) < 4.78 is 22.9. The van der Waals surface area contributed by atoms with Gasteiger partial charge in [-0.15, -0.1) is 0 Å². The van der Waals surface area contributed by atoms with E-state index in [-0.39, 0.29) is 18.9 Å². The van der Waals surface area contributed by atoms with Crippen LogP contribution in [0.2, 0.25) is 0 Å². The minimum Gasteiger partial charge on any atom is -0.394 e. The van der Waals surface area contributed by atoms with Crippen molar-refractivity contribution in [1.29, 1.82) is 0 Å². The van der Waals surface area contributed by atoms with Crippen molar-refractivity contribution in [3.05, 3.63) is 60.8 Å². The molecule has 14 nitrogen and oxygen atoms in total. The van der Waals surface area contributed by atoms with Crippen LogP contribution < -0.4 is 5.32 Å². The molecule has 9 N–H and O–H groups in total. The average Bonchev–Trinajstić information content (AvgIpc) is 0.915. The first-order valence-corrected chi connectivity index (χ1v) is 38.5. The van der Waals surface area contributed by atoms with Gasteiger partial charge in [0.15, 0.2) is 12.6 Å². The first-order chi connectivity index (χ1) is 45.1. The molecular weight excluding hydrogens is 1160 g/mol. The van der Waals surface area contributed by atoms with Gasteiger partial charge in [-0.3, -0.25) is 4.79 Å². The summed E-state index contributed by atoms with van der Waals surface area (Å²) in [4.78, 5) is 13.4. The van der Waals surface area contributed by atoms with Gasteiger partial charge < -0.3 is 65.1 Å². The lowest BCUT2D eigenvalue weighted by Gasteiger charge is -2.46. The SMILES string of the molecule is CCCCCCC/C=C\C/C=C\CCCCCCCCCCCCCCCCCCCCCCCCCCCC(=O)NC(COC1OC(CO)C(OC2OC(CO)C(O)C(O)C2O)C(O)C1O)C(O)/C=C/CC/C=C/CC/C=C/CCCCCCCCCCCCC. The van der Waals surface area contributed by atoms with Crippen LogP contribution in [0.4, 0.5) is 0 Å². The fraction of sp³-hybridized carbons (Fsp3) is 0.859. The lowest BCUT2D eigenvalue weighted by molar-refractivity contribution is -0.359. The van der Waals surface area contributed by atoms with Crippen LogP contribution in [0.15, 0.2) is 60.8 Å². The van der Waals surface area contributed by atoms with Crippen molar-refractivity contribution in [1.82, 2.24) is 5.32 Å². The molecule has 0 radical (unpaired) electrons. The van der Waals surface area contributed by atoms with Crippen molar-refractivity contribution in [2.45, 2.75) is 408 Å². The van der Waals surface area contributed by atoms with Gasteiger partial charge in [-0.05, 0) is 77.0 Å². The number of ether oxygens (including phenoxy) is 4. The van der Waals surface area contributed by atoms with Crippen molar-refractivity contribution in [2.75, 3.05) is 19.8 Å². The van der Waals surface area contributed by atoms with Crippen LogP contribution in [0.1, 0.15) is 335 Å². The van der Waals surface area contributed by atoms with E-state index in [0.29, 0.717) is 12.8 Å². The van der Waals surface area contributed by atoms with Gasteiger partial charge in [0.2, 0.25) is 5.91 Å². The first kappa shape index (κ1) is 85.8. The summed E-state index contributed by atoms with van der Waals surface area (Å²) in [6.45, 7) is 2.80. The molecule has 12 atom stereocenters. The van der Waals surface area contributed by atoms with Gasteiger partial charge >= 0.3 is 0 Å². The maximum atomic E-state index is 13.4. The Kier molecular flexibility index (Phi) is 58.0. The monoisotopic (exact) mass is 1300 g/mol. The average molecular weight is 1300 g/mol. The molecule has 2 fully saturated rings. The number of hydrogen-bond acceptors (Lipinski definition) is 13. The molecule has 0 aromatic heterocycles. The first-order valence-electron chi connectivity index (χ1n) is 38.5. The van der Waals surface area contributed by atoms with Gasteiger partial charge in [-0.1, -0.05) is 312 Å². The van der Waals surface area contributed by atoms with E-state index in [4.69, 9.17) is 18.9 Å². The molecule has 92 heavy (non-hydrogen) atoms. The van der Waals surface area contributed by atoms with Crippen LogP contribution in [0, 0.1) is 0 Å². The van der Waals surface area contributed by atoms with Crippen LogP contribution in [-0.2, 0) is 23.7 Å². The van der Waals surface area contributed by atoms with Crippen molar-refractivity contribution in [3.63, 3.8) is 0 Å². The molecule has 0 saturated carbocycles. The second kappa shape index (κ2) is 62.2. The predicted molar refractivity (Wildman–Crippen MR) is 378 cm³/mol. The Hall–Kier alpha value is -2.31. The van der Waals surface area contributed by atoms with Crippen LogP contribution in [0.5, 0.6) is 0 Å². The highest BCUT2D eigenvalue weighted by Crippen LogP contribution is 2.30. The van der Waals surface area contributed by atoms with E-state index in [9.17, 15) is 45.6 Å². The van der Waals surface area contributed by atoms with Crippen LogP contribution in [0.3, 0.4) is 0 Å². The van der Waals surface area contributed by atoms with Gasteiger partial charge in [0.05, 0.1) is 32.0 Å². The third-order valence-corrected chi connectivity index (χ3v) is 18.7. The summed E-state index contributed by atoms with van der Waals surface area (Å²) in [6, 6.07) is -0.939. The van der Waals surface area contributed by atoms with Crippen molar-refractivity contribution < 1.29 is 64.6 Å². The van der Waals surface area contributed by atoms with Crippen molar-refractivity contribution in [3.8, 4) is 0 Å². The summed E-state index contributed by atoms with van der Waals surface area (Å²) in [7, 11) is 0. The van der Waals surface area contributed by atoms with Crippen molar-refractivity contribution in [2.24, 2.45) is 0 Å². The predicted octanol–water partition coefficient (Wildman–Crippen LogP) is 16.8. The summed E-state index contributed by atoms with van der Waals surface area (Å²) >= 11 is 0. The summed E-state index contributed by atoms with van der Waals surface area (Å²) in [5.74, 6) is -0.248. The number of aliphatic hydroxyl groups excluding tert-OH is 8. The van der Waals surface area contributed by atoms with E-state index in [0.717, 1.165) is 51.4 Å². The Morgan fingerprint density at radius 3 is 1.13 bits per heavy atom. The van der Waals surface area contributed by atoms with E-state index in [1.165, 1.54) is 250 Å². The summed E-state index contributed by atoms with van der Waals surface area (Å²) in [5, 5.41) is 87.5. The maximum absolute atomic E-state index is 13.4. The zero-order valence-corrected chi connectivity index (χ0v) is 58.8. The molecule has 2 rings (SSSR count). The number of carbonyl (C=O) groups excluding carboxylic acids is 1. The molecular formula is C78H143NO13. The van der Waals surface area contributed by atoms with Gasteiger partial charge in [0, 0.05) is 6.42 Å². The zero-order chi connectivity index (χ0) is 66.6. The molecule has 2 saturated heterocycles. The van der Waals surface area contributed by atoms with Crippen LogP contribution >= 0.6 is 0 Å². The number of allylic oxidation sites excluding steroid dienone is 9. The number of aliphatic hydroxyl groups is 8. The number of carbonyl (C=O) groups is 1. The molecule has 0 aliphatic carbocycles. The molecule has 2 aliphatic rings. The molecule has 2 aliphatic heterocycles. The molecule has 0 aromatic carbocycles. The van der Waals surface area contributed by atoms with Crippen molar-refractivity contribution >= 4 is 5.91 Å². The fourth-order valence-corrected chi connectivity index (χ4v) is 12.5. The lowest BCUT2D eigenvalue weighted by Crippen LogP contribution is -2.65. The van der Waals surface area contributed by atoms with Gasteiger partial charge in [-0.25, -0.2) is 0 Å². The highest BCUT2D eigenvalue weighted by atomic mass is 16.7. The number of unbranched alkanes of at least 4 members (excludes halogenated alkanes) is 43. The molecule has 14 heteroatoms. The summed E-state index contributed by atoms with van der Waals surface area (Å²) in [6.07, 6.45) is 67.4. The van der Waals surface area contributed by atoms with E-state index < -0.39 is 86.8 Å². The Bertz CT molecular complexity index is 1780. The van der Waals surface area contributed by atoms with E-state index in [1.807, 2.05) is 6.08 Å². The second-order valence-corrected chi connectivity index (χ2v) is 27.1. The molecule has 2 heterocycles. The van der Waals surface area contributed by atoms with Crippen LogP contribution in [0.25, 0.3) is 0 Å². The molecule has 12 unspecified atom stereocenters. The normalized spacial score (nSPS) is 23.0. The Morgan fingerprint density at radius 2 is 0.728 bits per heavy atom. The lowest BCUT2D eigenvalue weighted by atomic mass is 9.97. The Balaban J connectivity index is 1.61. The molecule has 0 bridgehead atoms. The van der Waals surface area contributed by atoms with Gasteiger partial charge in [0.25, 0.3) is 0 Å². The largest absolute Gasteiger partial charge is 0.394 e. The number of rotatable bonds is 64. The fourth-order valence-electron chi connectivity index (χ4n) is 12.5. The number of hydrogen-bond donors (Lipinski definition) is 9. The smallest absolute Gasteiger partial charge is 0.220 e. The molecule has 0 aromatic rings. The second-order valence-electron chi connectivity index (χ2n) is 27.1. The van der Waals surface area contributed by atoms with Gasteiger partial charge in [0.1, 0.15) is 48.8 Å². The Labute approximate surface area is 562 Å². The van der Waals surface area contributed by atoms with E-state index in [1.54, 1.807) is 6.08 Å². The number of nitrogens with one attached hydrogen (secondary N) is 1. The highest BCUT2D eigenvalue weighted by molar-refractivity contribution is 5.76. The van der Waals surface area contributed by atoms with Gasteiger partial charge in [-0.2, -0.15) is 0 Å². The zero-order valence-electron chi connectivity index (χ0n) is 58.8. The Morgan fingerprint density at radius 1 is 0.391 bits per heavy atom. The maximum Gasteiger partial charge on any atom is 0.220 e. The molecule has 1 amide bonds. The minimum atomic E-state index is -1.79. The summed E-state index contributed by atoms with van der Waals surface area (Å²) in [5.41, 5.74) is 0.